The minimum Gasteiger partial charge on any atom is -0.389 e. The summed E-state index contributed by atoms with van der Waals surface area (Å²) in [4.78, 5) is 2.59. The lowest BCUT2D eigenvalue weighted by Crippen LogP contribution is -2.34. The van der Waals surface area contributed by atoms with Gasteiger partial charge in [0.2, 0.25) is 0 Å². The Balaban J connectivity index is 2.16. The summed E-state index contributed by atoms with van der Waals surface area (Å²) in [5, 5.41) is 9.84. The lowest BCUT2D eigenvalue weighted by atomic mass is 9.85. The Kier molecular flexibility index (Phi) is 6.09. The molecule has 1 heterocycles. The van der Waals surface area contributed by atoms with E-state index in [0.717, 1.165) is 12.8 Å². The maximum absolute atomic E-state index is 9.84. The molecule has 3 heteroatoms. The third-order valence-electron chi connectivity index (χ3n) is 4.31. The second kappa shape index (κ2) is 6.88. The van der Waals surface area contributed by atoms with Crippen molar-refractivity contribution < 1.29 is 5.11 Å². The van der Waals surface area contributed by atoms with E-state index in [1.165, 1.54) is 45.3 Å². The highest BCUT2D eigenvalue weighted by Gasteiger charge is 2.23. The van der Waals surface area contributed by atoms with Gasteiger partial charge in [-0.25, -0.2) is 0 Å². The lowest BCUT2D eigenvalue weighted by molar-refractivity contribution is 0.0564. The predicted molar refractivity (Wildman–Crippen MR) is 77.6 cm³/mol. The fourth-order valence-corrected chi connectivity index (χ4v) is 2.65. The van der Waals surface area contributed by atoms with Crippen LogP contribution in [0, 0.1) is 5.41 Å². The fourth-order valence-electron chi connectivity index (χ4n) is 2.65. The Morgan fingerprint density at radius 2 is 1.94 bits per heavy atom. The second-order valence-electron chi connectivity index (χ2n) is 7.02. The van der Waals surface area contributed by atoms with Crippen LogP contribution in [0.3, 0.4) is 0 Å². The average molecular weight is 256 g/mol. The number of hydrogen-bond acceptors (Lipinski definition) is 3. The highest BCUT2D eigenvalue weighted by Crippen LogP contribution is 2.29. The fraction of sp³-hybridized carbons (Fsp3) is 1.00. The van der Waals surface area contributed by atoms with Gasteiger partial charge in [0.05, 0.1) is 5.60 Å². The molecule has 0 aromatic carbocycles. The van der Waals surface area contributed by atoms with Gasteiger partial charge in [0.15, 0.2) is 0 Å². The maximum atomic E-state index is 9.84. The van der Waals surface area contributed by atoms with E-state index < -0.39 is 5.60 Å². The molecule has 3 N–H and O–H groups in total. The van der Waals surface area contributed by atoms with Crippen molar-refractivity contribution in [2.24, 2.45) is 11.1 Å². The Morgan fingerprint density at radius 3 is 2.61 bits per heavy atom. The van der Waals surface area contributed by atoms with Gasteiger partial charge in [-0.15, -0.1) is 0 Å². The summed E-state index contributed by atoms with van der Waals surface area (Å²) in [5.74, 6) is 0. The molecule has 1 aliphatic rings. The molecule has 1 fully saturated rings. The van der Waals surface area contributed by atoms with Crippen LogP contribution in [0.5, 0.6) is 0 Å². The Labute approximate surface area is 113 Å². The summed E-state index contributed by atoms with van der Waals surface area (Å²) in [7, 11) is 0. The molecule has 3 nitrogen and oxygen atoms in total. The van der Waals surface area contributed by atoms with E-state index in [0.29, 0.717) is 12.0 Å². The molecule has 0 aliphatic carbocycles. The number of aliphatic hydroxyl groups is 1. The molecule has 1 aliphatic heterocycles. The number of nitrogens with zero attached hydrogens (tertiary/aromatic N) is 1. The molecule has 1 rings (SSSR count). The van der Waals surface area contributed by atoms with Crippen LogP contribution in [0.15, 0.2) is 0 Å². The number of rotatable bonds is 6. The molecule has 0 saturated carbocycles. The van der Waals surface area contributed by atoms with Gasteiger partial charge in [0.25, 0.3) is 0 Å². The molecule has 1 saturated heterocycles. The van der Waals surface area contributed by atoms with Crippen LogP contribution in [0.4, 0.5) is 0 Å². The largest absolute Gasteiger partial charge is 0.389 e. The zero-order chi connectivity index (χ0) is 13.6. The van der Waals surface area contributed by atoms with E-state index in [1.54, 1.807) is 0 Å². The van der Waals surface area contributed by atoms with Crippen molar-refractivity contribution in [3.8, 4) is 0 Å². The average Bonchev–Trinajstić information content (AvgIpc) is 2.46. The summed E-state index contributed by atoms with van der Waals surface area (Å²) in [6.07, 6.45) is 7.07. The van der Waals surface area contributed by atoms with Crippen molar-refractivity contribution >= 4 is 0 Å². The van der Waals surface area contributed by atoms with Gasteiger partial charge in [-0.05, 0) is 70.5 Å². The van der Waals surface area contributed by atoms with Crippen LogP contribution in [-0.4, -0.2) is 41.8 Å². The van der Waals surface area contributed by atoms with Crippen LogP contribution in [-0.2, 0) is 0 Å². The number of hydrogen-bond donors (Lipinski definition) is 2. The highest BCUT2D eigenvalue weighted by atomic mass is 16.3. The Morgan fingerprint density at radius 1 is 1.22 bits per heavy atom. The van der Waals surface area contributed by atoms with Gasteiger partial charge < -0.3 is 15.7 Å². The van der Waals surface area contributed by atoms with E-state index >= 15 is 0 Å². The van der Waals surface area contributed by atoms with Crippen LogP contribution < -0.4 is 5.73 Å². The van der Waals surface area contributed by atoms with Crippen molar-refractivity contribution in [2.75, 3.05) is 26.2 Å². The van der Waals surface area contributed by atoms with E-state index in [2.05, 4.69) is 18.7 Å². The quantitative estimate of drug-likeness (QED) is 0.717. The topological polar surface area (TPSA) is 49.5 Å². The predicted octanol–water partition coefficient (Wildman–Crippen LogP) is 2.38. The van der Waals surface area contributed by atoms with Crippen molar-refractivity contribution in [3.05, 3.63) is 0 Å². The van der Waals surface area contributed by atoms with Crippen molar-refractivity contribution in [1.29, 1.82) is 0 Å². The van der Waals surface area contributed by atoms with Crippen LogP contribution >= 0.6 is 0 Å². The molecule has 1 atom stereocenters. The van der Waals surface area contributed by atoms with Gasteiger partial charge in [0, 0.05) is 6.54 Å². The van der Waals surface area contributed by atoms with Gasteiger partial charge in [0.1, 0.15) is 0 Å². The summed E-state index contributed by atoms with van der Waals surface area (Å²) in [5.41, 5.74) is 5.38. The smallest absolute Gasteiger partial charge is 0.0741 e. The van der Waals surface area contributed by atoms with Gasteiger partial charge in [-0.1, -0.05) is 13.8 Å². The monoisotopic (exact) mass is 256 g/mol. The first-order valence-corrected chi connectivity index (χ1v) is 7.49. The van der Waals surface area contributed by atoms with Crippen LogP contribution in [0.2, 0.25) is 0 Å². The Hall–Kier alpha value is -0.120. The van der Waals surface area contributed by atoms with Gasteiger partial charge in [-0.3, -0.25) is 0 Å². The molecule has 108 valence electrons. The van der Waals surface area contributed by atoms with E-state index in [9.17, 15) is 5.11 Å². The molecule has 0 bridgehead atoms. The standard InChI is InChI=1S/C15H32N2O/c1-14(2)7-6-11-17(12-9-14)10-5-4-8-15(3,18)13-16/h18H,4-13,16H2,1-3H3. The molecule has 18 heavy (non-hydrogen) atoms. The zero-order valence-electron chi connectivity index (χ0n) is 12.5. The van der Waals surface area contributed by atoms with Crippen molar-refractivity contribution in [1.82, 2.24) is 4.90 Å². The molecule has 0 spiro atoms. The summed E-state index contributed by atoms with van der Waals surface area (Å²) >= 11 is 0. The molecule has 0 aromatic heterocycles. The first-order chi connectivity index (χ1) is 8.35. The maximum Gasteiger partial charge on any atom is 0.0741 e. The van der Waals surface area contributed by atoms with Crippen LogP contribution in [0.25, 0.3) is 0 Å². The third-order valence-corrected chi connectivity index (χ3v) is 4.31. The van der Waals surface area contributed by atoms with E-state index in [1.807, 2.05) is 6.92 Å². The normalized spacial score (nSPS) is 24.5. The lowest BCUT2D eigenvalue weighted by Gasteiger charge is -2.24. The molecule has 0 radical (unpaired) electrons. The molecule has 1 unspecified atom stereocenters. The van der Waals surface area contributed by atoms with Crippen molar-refractivity contribution in [3.63, 3.8) is 0 Å². The van der Waals surface area contributed by atoms with E-state index in [-0.39, 0.29) is 0 Å². The minimum atomic E-state index is -0.666. The van der Waals surface area contributed by atoms with Gasteiger partial charge >= 0.3 is 0 Å². The molecular formula is C15H32N2O. The Bertz CT molecular complexity index is 239. The van der Waals surface area contributed by atoms with Gasteiger partial charge in [-0.2, -0.15) is 0 Å². The van der Waals surface area contributed by atoms with Crippen molar-refractivity contribution in [2.45, 2.75) is 64.9 Å². The SMILES string of the molecule is CC1(C)CCCN(CCCCC(C)(O)CN)CC1. The summed E-state index contributed by atoms with van der Waals surface area (Å²) in [6.45, 7) is 10.6. The van der Waals surface area contributed by atoms with Crippen LogP contribution in [0.1, 0.15) is 59.3 Å². The highest BCUT2D eigenvalue weighted by molar-refractivity contribution is 4.77. The molecule has 0 aromatic rings. The molecular weight excluding hydrogens is 224 g/mol. The second-order valence-corrected chi connectivity index (χ2v) is 7.02. The minimum absolute atomic E-state index is 0.366. The number of likely N-dealkylation sites (tertiary alicyclic amines) is 1. The number of unbranched alkanes of at least 4 members (excludes halogenated alkanes) is 1. The zero-order valence-corrected chi connectivity index (χ0v) is 12.5. The summed E-state index contributed by atoms with van der Waals surface area (Å²) < 4.78 is 0. The third kappa shape index (κ3) is 6.17. The van der Waals surface area contributed by atoms with E-state index in [4.69, 9.17) is 5.73 Å². The first-order valence-electron chi connectivity index (χ1n) is 7.49. The number of nitrogens with two attached hydrogens (primary N) is 1. The summed E-state index contributed by atoms with van der Waals surface area (Å²) in [6, 6.07) is 0. The first kappa shape index (κ1) is 15.9. The molecule has 0 amide bonds.